The van der Waals surface area contributed by atoms with Crippen molar-refractivity contribution in [2.75, 3.05) is 18.5 Å². The number of nitrogens with one attached hydrogen (secondary N) is 1. The minimum Gasteiger partial charge on any atom is -0.493 e. The molecule has 22 heavy (non-hydrogen) atoms. The molecular weight excluding hydrogens is 344 g/mol. The monoisotopic (exact) mass is 358 g/mol. The average molecular weight is 359 g/mol. The van der Waals surface area contributed by atoms with Crippen LogP contribution in [0.1, 0.15) is 18.1 Å². The molecule has 0 saturated carbocycles. The van der Waals surface area contributed by atoms with E-state index in [9.17, 15) is 4.79 Å². The minimum atomic E-state index is -0.128. The summed E-state index contributed by atoms with van der Waals surface area (Å²) >= 11 is 3.52. The predicted molar refractivity (Wildman–Crippen MR) is 90.9 cm³/mol. The fraction of sp³-hybridized carbons (Fsp3) is 0.176. The van der Waals surface area contributed by atoms with Crippen molar-refractivity contribution in [3.8, 4) is 5.75 Å². The van der Waals surface area contributed by atoms with Gasteiger partial charge in [-0.25, -0.2) is 0 Å². The van der Waals surface area contributed by atoms with Gasteiger partial charge in [-0.1, -0.05) is 30.3 Å². The van der Waals surface area contributed by atoms with E-state index in [4.69, 9.17) is 4.74 Å². The second-order valence-electron chi connectivity index (χ2n) is 4.84. The summed E-state index contributed by atoms with van der Waals surface area (Å²) in [4.78, 5) is 16.4. The Bertz CT molecular complexity index is 742. The number of amides is 1. The first kappa shape index (κ1) is 14.8. The zero-order chi connectivity index (χ0) is 15.5. The highest BCUT2D eigenvalue weighted by molar-refractivity contribution is 9.10. The summed E-state index contributed by atoms with van der Waals surface area (Å²) in [6, 6.07) is 13.6. The lowest BCUT2D eigenvalue weighted by molar-refractivity contribution is -0.114. The molecule has 4 nitrogen and oxygen atoms in total. The van der Waals surface area contributed by atoms with Crippen LogP contribution in [0.2, 0.25) is 0 Å². The normalized spacial score (nSPS) is 13.7. The van der Waals surface area contributed by atoms with Gasteiger partial charge in [-0.15, -0.1) is 0 Å². The smallest absolute Gasteiger partial charge is 0.246 e. The summed E-state index contributed by atoms with van der Waals surface area (Å²) in [5.41, 5.74) is 3.39. The molecule has 0 bridgehead atoms. The fourth-order valence-electron chi connectivity index (χ4n) is 2.39. The molecule has 1 amide bonds. The second kappa shape index (κ2) is 6.32. The molecule has 112 valence electrons. The molecule has 5 heteroatoms. The van der Waals surface area contributed by atoms with Gasteiger partial charge in [0.15, 0.2) is 0 Å². The van der Waals surface area contributed by atoms with Crippen LogP contribution in [0.4, 0.5) is 5.69 Å². The number of halogens is 1. The standard InChI is InChI=1S/C17H15BrN2O2/c1-2-22-15-9-14-12(8-13(15)18)17(19-10-16(21)20-14)11-6-4-3-5-7-11/h3-9H,2,10H2,1H3,(H,20,21). The van der Waals surface area contributed by atoms with Crippen molar-refractivity contribution in [2.24, 2.45) is 4.99 Å². The molecule has 1 N–H and O–H groups in total. The van der Waals surface area contributed by atoms with E-state index in [-0.39, 0.29) is 12.5 Å². The Morgan fingerprint density at radius 1 is 1.27 bits per heavy atom. The van der Waals surface area contributed by atoms with Crippen molar-refractivity contribution in [1.29, 1.82) is 0 Å². The van der Waals surface area contributed by atoms with Gasteiger partial charge < -0.3 is 10.1 Å². The van der Waals surface area contributed by atoms with Gasteiger partial charge in [-0.2, -0.15) is 0 Å². The van der Waals surface area contributed by atoms with E-state index >= 15 is 0 Å². The van der Waals surface area contributed by atoms with E-state index in [2.05, 4.69) is 26.2 Å². The van der Waals surface area contributed by atoms with Crippen molar-refractivity contribution in [1.82, 2.24) is 0 Å². The Morgan fingerprint density at radius 2 is 2.05 bits per heavy atom. The topological polar surface area (TPSA) is 50.7 Å². The van der Waals surface area contributed by atoms with E-state index in [1.807, 2.05) is 49.4 Å². The lowest BCUT2D eigenvalue weighted by Crippen LogP contribution is -2.13. The summed E-state index contributed by atoms with van der Waals surface area (Å²) in [6.45, 7) is 2.60. The molecule has 3 rings (SSSR count). The van der Waals surface area contributed by atoms with Crippen molar-refractivity contribution in [3.63, 3.8) is 0 Å². The molecule has 1 aliphatic heterocycles. The molecule has 0 aromatic heterocycles. The van der Waals surface area contributed by atoms with Gasteiger partial charge in [-0.05, 0) is 28.9 Å². The van der Waals surface area contributed by atoms with Crippen LogP contribution < -0.4 is 10.1 Å². The number of carbonyl (C=O) groups excluding carboxylic acids is 1. The van der Waals surface area contributed by atoms with E-state index in [1.165, 1.54) is 0 Å². The summed E-state index contributed by atoms with van der Waals surface area (Å²) in [5.74, 6) is 0.577. The van der Waals surface area contributed by atoms with Gasteiger partial charge in [0, 0.05) is 17.2 Å². The number of carbonyl (C=O) groups is 1. The number of fused-ring (bicyclic) bond motifs is 1. The van der Waals surface area contributed by atoms with Crippen LogP contribution in [0, 0.1) is 0 Å². The molecule has 0 aliphatic carbocycles. The highest BCUT2D eigenvalue weighted by atomic mass is 79.9. The largest absolute Gasteiger partial charge is 0.493 e. The van der Waals surface area contributed by atoms with E-state index < -0.39 is 0 Å². The molecule has 1 aliphatic rings. The Balaban J connectivity index is 2.15. The number of benzodiazepines with no additional fused rings is 1. The first-order chi connectivity index (χ1) is 10.7. The van der Waals surface area contributed by atoms with Crippen LogP contribution >= 0.6 is 15.9 Å². The molecule has 0 unspecified atom stereocenters. The molecular formula is C17H15BrN2O2. The van der Waals surface area contributed by atoms with Crippen LogP contribution in [-0.4, -0.2) is 24.8 Å². The molecule has 0 atom stereocenters. The quantitative estimate of drug-likeness (QED) is 0.910. The van der Waals surface area contributed by atoms with Crippen LogP contribution in [0.15, 0.2) is 51.9 Å². The Hall–Kier alpha value is -2.14. The first-order valence-corrected chi connectivity index (χ1v) is 7.84. The maximum atomic E-state index is 11.9. The predicted octanol–water partition coefficient (Wildman–Crippen LogP) is 3.64. The van der Waals surface area contributed by atoms with E-state index in [0.717, 1.165) is 27.0 Å². The first-order valence-electron chi connectivity index (χ1n) is 7.05. The highest BCUT2D eigenvalue weighted by Crippen LogP contribution is 2.34. The van der Waals surface area contributed by atoms with Gasteiger partial charge in [0.1, 0.15) is 12.3 Å². The molecule has 0 spiro atoms. The summed E-state index contributed by atoms with van der Waals surface area (Å²) in [5, 5.41) is 2.89. The molecule has 0 saturated heterocycles. The molecule has 0 radical (unpaired) electrons. The van der Waals surface area contributed by atoms with Gasteiger partial charge in [0.2, 0.25) is 5.91 Å². The number of benzene rings is 2. The minimum absolute atomic E-state index is 0.112. The maximum absolute atomic E-state index is 11.9. The van der Waals surface area contributed by atoms with Crippen LogP contribution in [0.25, 0.3) is 0 Å². The van der Waals surface area contributed by atoms with Gasteiger partial charge in [-0.3, -0.25) is 9.79 Å². The summed E-state index contributed by atoms with van der Waals surface area (Å²) < 4.78 is 6.42. The number of hydrogen-bond acceptors (Lipinski definition) is 3. The molecule has 0 fully saturated rings. The highest BCUT2D eigenvalue weighted by Gasteiger charge is 2.20. The van der Waals surface area contributed by atoms with Crippen LogP contribution in [0.3, 0.4) is 0 Å². The van der Waals surface area contributed by atoms with Gasteiger partial charge in [0.05, 0.1) is 22.5 Å². The molecule has 2 aromatic rings. The second-order valence-corrected chi connectivity index (χ2v) is 5.69. The van der Waals surface area contributed by atoms with Crippen LogP contribution in [0.5, 0.6) is 5.75 Å². The Labute approximate surface area is 137 Å². The number of aliphatic imine (C=N–C) groups is 1. The number of rotatable bonds is 3. The van der Waals surface area contributed by atoms with Crippen molar-refractivity contribution in [3.05, 3.63) is 58.1 Å². The van der Waals surface area contributed by atoms with Crippen molar-refractivity contribution >= 4 is 33.2 Å². The lowest BCUT2D eigenvalue weighted by atomic mass is 10.0. The summed E-state index contributed by atoms with van der Waals surface area (Å²) in [6.07, 6.45) is 0. The van der Waals surface area contributed by atoms with Crippen molar-refractivity contribution < 1.29 is 9.53 Å². The number of ether oxygens (including phenoxy) is 1. The SMILES string of the molecule is CCOc1cc2c(cc1Br)C(c1ccccc1)=NCC(=O)N2. The van der Waals surface area contributed by atoms with E-state index in [1.54, 1.807) is 0 Å². The Kier molecular flexibility index (Phi) is 4.24. The maximum Gasteiger partial charge on any atom is 0.246 e. The third-order valence-electron chi connectivity index (χ3n) is 3.33. The third kappa shape index (κ3) is 2.90. The number of anilines is 1. The average Bonchev–Trinajstić information content (AvgIpc) is 2.67. The van der Waals surface area contributed by atoms with Gasteiger partial charge in [0.25, 0.3) is 0 Å². The molecule has 1 heterocycles. The number of hydrogen-bond donors (Lipinski definition) is 1. The lowest BCUT2D eigenvalue weighted by Gasteiger charge is -2.14. The zero-order valence-electron chi connectivity index (χ0n) is 12.1. The number of nitrogens with zero attached hydrogens (tertiary/aromatic N) is 1. The Morgan fingerprint density at radius 3 is 2.77 bits per heavy atom. The zero-order valence-corrected chi connectivity index (χ0v) is 13.7. The van der Waals surface area contributed by atoms with Crippen molar-refractivity contribution in [2.45, 2.75) is 6.92 Å². The summed E-state index contributed by atoms with van der Waals surface area (Å²) in [7, 11) is 0. The fourth-order valence-corrected chi connectivity index (χ4v) is 2.85. The third-order valence-corrected chi connectivity index (χ3v) is 3.95. The van der Waals surface area contributed by atoms with Crippen LogP contribution in [-0.2, 0) is 4.79 Å². The molecule has 2 aromatic carbocycles. The van der Waals surface area contributed by atoms with E-state index in [0.29, 0.717) is 12.4 Å². The van der Waals surface area contributed by atoms with Gasteiger partial charge >= 0.3 is 0 Å².